The van der Waals surface area contributed by atoms with Crippen LogP contribution in [-0.2, 0) is 26.2 Å². The molecule has 0 aromatic heterocycles. The Morgan fingerprint density at radius 1 is 0.975 bits per heavy atom. The molecule has 0 bridgehead atoms. The number of benzene rings is 3. The fourth-order valence-electron chi connectivity index (χ4n) is 4.02. The molecule has 40 heavy (non-hydrogen) atoms. The number of hydrogen-bond donors (Lipinski definition) is 1. The first-order chi connectivity index (χ1) is 18.9. The largest absolute Gasteiger partial charge is 0.495 e. The standard InChI is InChI=1S/C30H36ClN3O5S/c1-21(2)18-32-30(36)23(4)33(19-24-13-11-22(3)12-14-24)29(35)20-34(27-17-25(31)15-16-28(27)39-5)40(37,38)26-9-7-6-8-10-26/h6-17,21,23H,18-20H2,1-5H3,(H,32,36). The average Bonchev–Trinajstić information content (AvgIpc) is 2.94. The Hall–Kier alpha value is -3.56. The van der Waals surface area contributed by atoms with Crippen LogP contribution in [0.4, 0.5) is 5.69 Å². The molecule has 0 aliphatic heterocycles. The number of sulfonamides is 1. The summed E-state index contributed by atoms with van der Waals surface area (Å²) in [6, 6.07) is 19.1. The number of anilines is 1. The van der Waals surface area contributed by atoms with E-state index >= 15 is 0 Å². The van der Waals surface area contributed by atoms with Gasteiger partial charge < -0.3 is 15.0 Å². The van der Waals surface area contributed by atoms with Gasteiger partial charge in [0.2, 0.25) is 11.8 Å². The van der Waals surface area contributed by atoms with E-state index in [9.17, 15) is 18.0 Å². The molecule has 0 spiro atoms. The average molecular weight is 586 g/mol. The number of halogens is 1. The molecule has 2 amide bonds. The van der Waals surface area contributed by atoms with Crippen molar-refractivity contribution in [1.82, 2.24) is 10.2 Å². The van der Waals surface area contributed by atoms with E-state index in [4.69, 9.17) is 16.3 Å². The molecule has 1 unspecified atom stereocenters. The van der Waals surface area contributed by atoms with E-state index in [0.29, 0.717) is 6.54 Å². The third-order valence-corrected chi connectivity index (χ3v) is 8.35. The maximum absolute atomic E-state index is 14.0. The van der Waals surface area contributed by atoms with Crippen LogP contribution in [0, 0.1) is 12.8 Å². The number of ether oxygens (including phenoxy) is 1. The second-order valence-corrected chi connectivity index (χ2v) is 12.3. The molecule has 0 fully saturated rings. The molecule has 3 aromatic carbocycles. The highest BCUT2D eigenvalue weighted by Gasteiger charge is 2.34. The predicted octanol–water partition coefficient (Wildman–Crippen LogP) is 5.04. The van der Waals surface area contributed by atoms with E-state index in [1.807, 2.05) is 45.0 Å². The van der Waals surface area contributed by atoms with Crippen molar-refractivity contribution in [3.63, 3.8) is 0 Å². The highest BCUT2D eigenvalue weighted by Crippen LogP contribution is 2.35. The van der Waals surface area contributed by atoms with Crippen LogP contribution >= 0.6 is 11.6 Å². The van der Waals surface area contributed by atoms with Crippen molar-refractivity contribution in [3.05, 3.63) is 88.9 Å². The van der Waals surface area contributed by atoms with Crippen molar-refractivity contribution in [2.24, 2.45) is 5.92 Å². The number of hydrogen-bond acceptors (Lipinski definition) is 5. The smallest absolute Gasteiger partial charge is 0.264 e. The molecular weight excluding hydrogens is 550 g/mol. The summed E-state index contributed by atoms with van der Waals surface area (Å²) in [7, 11) is -2.82. The van der Waals surface area contributed by atoms with Crippen LogP contribution in [0.15, 0.2) is 77.7 Å². The fraction of sp³-hybridized carbons (Fsp3) is 0.333. The zero-order valence-electron chi connectivity index (χ0n) is 23.4. The van der Waals surface area contributed by atoms with Crippen molar-refractivity contribution >= 4 is 39.1 Å². The SMILES string of the molecule is COc1ccc(Cl)cc1N(CC(=O)N(Cc1ccc(C)cc1)C(C)C(=O)NCC(C)C)S(=O)(=O)c1ccccc1. The number of nitrogens with zero attached hydrogens (tertiary/aromatic N) is 2. The van der Waals surface area contributed by atoms with Crippen LogP contribution in [0.3, 0.4) is 0 Å². The molecule has 0 radical (unpaired) electrons. The molecule has 8 nitrogen and oxygen atoms in total. The number of rotatable bonds is 12. The minimum Gasteiger partial charge on any atom is -0.495 e. The zero-order valence-corrected chi connectivity index (χ0v) is 25.0. The molecule has 214 valence electrons. The minimum absolute atomic E-state index is 0.00219. The summed E-state index contributed by atoms with van der Waals surface area (Å²) in [4.78, 5) is 28.5. The Labute approximate surface area is 241 Å². The number of carbonyl (C=O) groups is 2. The van der Waals surface area contributed by atoms with Crippen LogP contribution in [0.5, 0.6) is 5.75 Å². The molecule has 0 aliphatic carbocycles. The highest BCUT2D eigenvalue weighted by atomic mass is 35.5. The van der Waals surface area contributed by atoms with Gasteiger partial charge in [0.15, 0.2) is 0 Å². The third-order valence-electron chi connectivity index (χ3n) is 6.35. The summed E-state index contributed by atoms with van der Waals surface area (Å²) in [5.41, 5.74) is 1.97. The van der Waals surface area contributed by atoms with Gasteiger partial charge in [-0.3, -0.25) is 13.9 Å². The zero-order chi connectivity index (χ0) is 29.4. The van der Waals surface area contributed by atoms with Gasteiger partial charge in [-0.05, 0) is 55.7 Å². The molecular formula is C30H36ClN3O5S. The number of amides is 2. The van der Waals surface area contributed by atoms with E-state index in [1.165, 1.54) is 30.2 Å². The van der Waals surface area contributed by atoms with Crippen molar-refractivity contribution in [3.8, 4) is 5.75 Å². The van der Waals surface area contributed by atoms with Gasteiger partial charge in [0.05, 0.1) is 17.7 Å². The maximum atomic E-state index is 14.0. The molecule has 1 atom stereocenters. The molecule has 3 rings (SSSR count). The lowest BCUT2D eigenvalue weighted by Gasteiger charge is -2.32. The van der Waals surface area contributed by atoms with Gasteiger partial charge in [-0.1, -0.05) is 73.5 Å². The van der Waals surface area contributed by atoms with Gasteiger partial charge in [0.1, 0.15) is 18.3 Å². The van der Waals surface area contributed by atoms with Gasteiger partial charge in [-0.25, -0.2) is 8.42 Å². The van der Waals surface area contributed by atoms with Gasteiger partial charge in [0.25, 0.3) is 10.0 Å². The lowest BCUT2D eigenvalue weighted by atomic mass is 10.1. The predicted molar refractivity (Wildman–Crippen MR) is 158 cm³/mol. The van der Waals surface area contributed by atoms with Crippen LogP contribution < -0.4 is 14.4 Å². The lowest BCUT2D eigenvalue weighted by molar-refractivity contribution is -0.139. The Balaban J connectivity index is 2.06. The molecule has 1 N–H and O–H groups in total. The normalized spacial score (nSPS) is 12.1. The first kappa shape index (κ1) is 31.0. The molecule has 0 heterocycles. The van der Waals surface area contributed by atoms with E-state index < -0.39 is 28.5 Å². The van der Waals surface area contributed by atoms with Crippen molar-refractivity contribution in [2.75, 3.05) is 24.5 Å². The van der Waals surface area contributed by atoms with E-state index in [2.05, 4.69) is 5.32 Å². The lowest BCUT2D eigenvalue weighted by Crippen LogP contribution is -2.51. The Kier molecular flexibility index (Phi) is 10.6. The van der Waals surface area contributed by atoms with E-state index in [1.54, 1.807) is 37.3 Å². The molecule has 0 saturated heterocycles. The van der Waals surface area contributed by atoms with Crippen LogP contribution in [-0.4, -0.2) is 51.4 Å². The number of carbonyl (C=O) groups excluding carboxylic acids is 2. The summed E-state index contributed by atoms with van der Waals surface area (Å²) in [6.07, 6.45) is 0. The van der Waals surface area contributed by atoms with Crippen molar-refractivity contribution < 1.29 is 22.7 Å². The van der Waals surface area contributed by atoms with Crippen LogP contribution in [0.1, 0.15) is 31.9 Å². The van der Waals surface area contributed by atoms with Crippen LogP contribution in [0.25, 0.3) is 0 Å². The van der Waals surface area contributed by atoms with E-state index in [-0.39, 0.29) is 39.7 Å². The number of nitrogens with one attached hydrogen (secondary N) is 1. The number of methoxy groups -OCH3 is 1. The minimum atomic E-state index is -4.23. The second kappa shape index (κ2) is 13.7. The van der Waals surface area contributed by atoms with Crippen molar-refractivity contribution in [2.45, 2.75) is 45.2 Å². The summed E-state index contributed by atoms with van der Waals surface area (Å²) in [5, 5.41) is 3.15. The summed E-state index contributed by atoms with van der Waals surface area (Å²) in [6.45, 7) is 7.53. The summed E-state index contributed by atoms with van der Waals surface area (Å²) < 4.78 is 34.3. The quantitative estimate of drug-likeness (QED) is 0.321. The van der Waals surface area contributed by atoms with Gasteiger partial charge in [0, 0.05) is 18.1 Å². The van der Waals surface area contributed by atoms with Crippen LogP contribution in [0.2, 0.25) is 5.02 Å². The molecule has 3 aromatic rings. The summed E-state index contributed by atoms with van der Waals surface area (Å²) >= 11 is 6.26. The third kappa shape index (κ3) is 7.76. The topological polar surface area (TPSA) is 96.0 Å². The Morgan fingerprint density at radius 3 is 2.23 bits per heavy atom. The Morgan fingerprint density at radius 2 is 1.62 bits per heavy atom. The van der Waals surface area contributed by atoms with Crippen molar-refractivity contribution in [1.29, 1.82) is 0 Å². The molecule has 0 saturated carbocycles. The monoisotopic (exact) mass is 585 g/mol. The first-order valence-electron chi connectivity index (χ1n) is 13.0. The highest BCUT2D eigenvalue weighted by molar-refractivity contribution is 7.92. The van der Waals surface area contributed by atoms with E-state index in [0.717, 1.165) is 15.4 Å². The molecule has 10 heteroatoms. The summed E-state index contributed by atoms with van der Waals surface area (Å²) in [5.74, 6) is -0.440. The maximum Gasteiger partial charge on any atom is 0.264 e. The number of aryl methyl sites for hydroxylation is 1. The van der Waals surface area contributed by atoms with Gasteiger partial charge >= 0.3 is 0 Å². The first-order valence-corrected chi connectivity index (χ1v) is 14.8. The fourth-order valence-corrected chi connectivity index (χ4v) is 5.62. The van der Waals surface area contributed by atoms with Gasteiger partial charge in [-0.2, -0.15) is 0 Å². The van der Waals surface area contributed by atoms with Gasteiger partial charge in [-0.15, -0.1) is 0 Å². The molecule has 0 aliphatic rings. The Bertz CT molecular complexity index is 1410. The second-order valence-electron chi connectivity index (χ2n) is 9.96.